The van der Waals surface area contributed by atoms with Crippen LogP contribution in [-0.4, -0.2) is 51.4 Å². The molecular weight excluding hydrogens is 700 g/mol. The van der Waals surface area contributed by atoms with Gasteiger partial charge in [0.15, 0.2) is 0 Å². The molecule has 0 spiro atoms. The Bertz CT molecular complexity index is 2150. The standard InChI is InChI=1S/C36H32ClF6N5O3/c1-47-28-17-23(36(41,42)43)31(32(37)34(28)45-29(47)18-38)22-5-4-14-48-26(22)11-12-27(48)35(50)19-15-24(39)33(25(40)16-19)46-30(49)6-3-13-44-20-7-9-21(51-2)10-8-20/h3-6,11-12,14-17,20-21,44H,7-10,13,18H2,1-2H3,(H,46,49)/b6-3+. The number of nitrogens with one attached hydrogen (secondary N) is 2. The van der Waals surface area contributed by atoms with Crippen molar-refractivity contribution in [3.05, 3.63) is 100 Å². The number of fused-ring (bicyclic) bond motifs is 2. The van der Waals surface area contributed by atoms with Crippen LogP contribution < -0.4 is 10.6 Å². The predicted molar refractivity (Wildman–Crippen MR) is 181 cm³/mol. The second-order valence-electron chi connectivity index (χ2n) is 12.2. The molecule has 3 aromatic heterocycles. The third-order valence-electron chi connectivity index (χ3n) is 9.18. The average Bonchev–Trinajstić information content (AvgIpc) is 3.69. The van der Waals surface area contributed by atoms with Crippen molar-refractivity contribution in [1.29, 1.82) is 0 Å². The maximum atomic E-state index is 15.1. The maximum Gasteiger partial charge on any atom is 0.417 e. The molecular formula is C36H32ClF6N5O3. The largest absolute Gasteiger partial charge is 0.417 e. The number of rotatable bonds is 10. The van der Waals surface area contributed by atoms with Gasteiger partial charge in [0.1, 0.15) is 35.3 Å². The van der Waals surface area contributed by atoms with Crippen molar-refractivity contribution in [2.75, 3.05) is 19.0 Å². The van der Waals surface area contributed by atoms with E-state index >= 15 is 8.78 Å². The molecule has 1 amide bonds. The number of methoxy groups -OCH3 is 1. The molecule has 6 rings (SSSR count). The summed E-state index contributed by atoms with van der Waals surface area (Å²) in [5, 5.41) is 5.10. The molecule has 1 fully saturated rings. The quantitative estimate of drug-likeness (QED) is 0.0860. The van der Waals surface area contributed by atoms with Crippen molar-refractivity contribution in [3.8, 4) is 11.1 Å². The lowest BCUT2D eigenvalue weighted by atomic mass is 9.93. The SMILES string of the molecule is COC1CCC(NC/C=C/C(=O)Nc2c(F)cc(C(=O)c3ccc4c(-c5c(C(F)(F)F)cc6c(nc(CF)n6C)c5Cl)cccn34)cc2F)CC1. The maximum absolute atomic E-state index is 15.1. The minimum absolute atomic E-state index is 0.0135. The fourth-order valence-corrected chi connectivity index (χ4v) is 6.86. The number of nitrogens with zero attached hydrogens (tertiary/aromatic N) is 3. The van der Waals surface area contributed by atoms with Crippen LogP contribution in [0.4, 0.5) is 32.0 Å². The predicted octanol–water partition coefficient (Wildman–Crippen LogP) is 8.19. The van der Waals surface area contributed by atoms with Crippen LogP contribution in [0.2, 0.25) is 5.02 Å². The number of halogens is 7. The number of imidazole rings is 1. The van der Waals surface area contributed by atoms with E-state index in [9.17, 15) is 27.2 Å². The van der Waals surface area contributed by atoms with Gasteiger partial charge in [0.05, 0.1) is 33.4 Å². The number of hydrogen-bond acceptors (Lipinski definition) is 5. The van der Waals surface area contributed by atoms with Crippen LogP contribution in [-0.2, 0) is 29.4 Å². The summed E-state index contributed by atoms with van der Waals surface area (Å²) in [4.78, 5) is 30.1. The van der Waals surface area contributed by atoms with Gasteiger partial charge in [-0.05, 0) is 62.1 Å². The molecule has 8 nitrogen and oxygen atoms in total. The molecule has 0 aliphatic heterocycles. The number of hydrogen-bond donors (Lipinski definition) is 2. The highest BCUT2D eigenvalue weighted by Crippen LogP contribution is 2.46. The smallest absolute Gasteiger partial charge is 0.381 e. The number of benzene rings is 2. The van der Waals surface area contributed by atoms with Crippen LogP contribution in [0.15, 0.2) is 60.8 Å². The Morgan fingerprint density at radius 3 is 2.41 bits per heavy atom. The van der Waals surface area contributed by atoms with E-state index in [-0.39, 0.29) is 50.8 Å². The molecule has 5 aromatic rings. The highest BCUT2D eigenvalue weighted by molar-refractivity contribution is 6.38. The van der Waals surface area contributed by atoms with Crippen LogP contribution >= 0.6 is 11.6 Å². The zero-order chi connectivity index (χ0) is 36.6. The van der Waals surface area contributed by atoms with Gasteiger partial charge < -0.3 is 24.3 Å². The lowest BCUT2D eigenvalue weighted by Gasteiger charge is -2.27. The van der Waals surface area contributed by atoms with E-state index in [1.807, 2.05) is 0 Å². The van der Waals surface area contributed by atoms with Gasteiger partial charge in [-0.2, -0.15) is 13.2 Å². The third kappa shape index (κ3) is 7.12. The van der Waals surface area contributed by atoms with E-state index in [2.05, 4.69) is 15.6 Å². The highest BCUT2D eigenvalue weighted by Gasteiger charge is 2.37. The number of anilines is 1. The molecule has 2 aromatic carbocycles. The first-order valence-corrected chi connectivity index (χ1v) is 16.4. The molecule has 3 heterocycles. The fourth-order valence-electron chi connectivity index (χ4n) is 6.51. The van der Waals surface area contributed by atoms with Gasteiger partial charge >= 0.3 is 6.18 Å². The minimum atomic E-state index is -4.88. The number of ether oxygens (including phenoxy) is 1. The Morgan fingerprint density at radius 1 is 1.06 bits per heavy atom. The first-order chi connectivity index (χ1) is 24.3. The number of pyridine rings is 1. The number of alkyl halides is 4. The molecule has 268 valence electrons. The van der Waals surface area contributed by atoms with E-state index in [0.29, 0.717) is 6.54 Å². The summed E-state index contributed by atoms with van der Waals surface area (Å²) < 4.78 is 95.0. The molecule has 0 saturated heterocycles. The summed E-state index contributed by atoms with van der Waals surface area (Å²) in [7, 11) is 3.07. The normalized spacial score (nSPS) is 16.8. The third-order valence-corrected chi connectivity index (χ3v) is 9.55. The van der Waals surface area contributed by atoms with E-state index in [4.69, 9.17) is 16.3 Å². The second kappa shape index (κ2) is 14.5. The van der Waals surface area contributed by atoms with Gasteiger partial charge in [-0.3, -0.25) is 9.59 Å². The molecule has 1 saturated carbocycles. The molecule has 0 atom stereocenters. The number of ketones is 1. The topological polar surface area (TPSA) is 89.7 Å². The van der Waals surface area contributed by atoms with Crippen molar-refractivity contribution < 1.29 is 40.7 Å². The van der Waals surface area contributed by atoms with Crippen LogP contribution in [0.1, 0.15) is 53.1 Å². The van der Waals surface area contributed by atoms with E-state index in [1.54, 1.807) is 7.11 Å². The Kier molecular flexibility index (Phi) is 10.3. The fraction of sp³-hybridized carbons (Fsp3) is 0.306. The average molecular weight is 732 g/mol. The highest BCUT2D eigenvalue weighted by atomic mass is 35.5. The Balaban J connectivity index is 1.25. The van der Waals surface area contributed by atoms with Gasteiger partial charge in [0.2, 0.25) is 11.7 Å². The summed E-state index contributed by atoms with van der Waals surface area (Å²) >= 11 is 6.56. The van der Waals surface area contributed by atoms with Crippen molar-refractivity contribution in [2.24, 2.45) is 7.05 Å². The number of carbonyl (C=O) groups is 2. The van der Waals surface area contributed by atoms with Crippen molar-refractivity contribution in [1.82, 2.24) is 19.3 Å². The van der Waals surface area contributed by atoms with Crippen molar-refractivity contribution in [3.63, 3.8) is 0 Å². The first-order valence-electron chi connectivity index (χ1n) is 16.0. The molecule has 51 heavy (non-hydrogen) atoms. The minimum Gasteiger partial charge on any atom is -0.381 e. The molecule has 15 heteroatoms. The van der Waals surface area contributed by atoms with Gasteiger partial charge in [0.25, 0.3) is 0 Å². The lowest BCUT2D eigenvalue weighted by Crippen LogP contribution is -2.35. The summed E-state index contributed by atoms with van der Waals surface area (Å²) in [5.74, 6) is -4.14. The van der Waals surface area contributed by atoms with Crippen LogP contribution in [0.3, 0.4) is 0 Å². The zero-order valence-corrected chi connectivity index (χ0v) is 28.1. The summed E-state index contributed by atoms with van der Waals surface area (Å²) in [6.45, 7) is -0.652. The van der Waals surface area contributed by atoms with Crippen LogP contribution in [0, 0.1) is 11.6 Å². The van der Waals surface area contributed by atoms with Gasteiger partial charge in [-0.1, -0.05) is 23.7 Å². The molecule has 1 aliphatic carbocycles. The second-order valence-corrected chi connectivity index (χ2v) is 12.6. The van der Waals surface area contributed by atoms with Gasteiger partial charge in [-0.15, -0.1) is 0 Å². The Hall–Kier alpha value is -4.66. The van der Waals surface area contributed by atoms with Crippen LogP contribution in [0.25, 0.3) is 27.7 Å². The van der Waals surface area contributed by atoms with Crippen LogP contribution in [0.5, 0.6) is 0 Å². The summed E-state index contributed by atoms with van der Waals surface area (Å²) in [6, 6.07) is 8.09. The lowest BCUT2D eigenvalue weighted by molar-refractivity contribution is -0.137. The van der Waals surface area contributed by atoms with Crippen molar-refractivity contribution >= 4 is 45.5 Å². The molecule has 0 unspecified atom stereocenters. The summed E-state index contributed by atoms with van der Waals surface area (Å²) in [5.41, 5.74) is -2.74. The van der Waals surface area contributed by atoms with E-state index in [0.717, 1.165) is 50.0 Å². The Labute approximate surface area is 293 Å². The van der Waals surface area contributed by atoms with Gasteiger partial charge in [-0.25, -0.2) is 18.2 Å². The Morgan fingerprint density at radius 2 is 1.76 bits per heavy atom. The van der Waals surface area contributed by atoms with E-state index in [1.165, 1.54) is 52.6 Å². The molecule has 0 radical (unpaired) electrons. The number of carbonyl (C=O) groups excluding carboxylic acids is 2. The molecule has 0 bridgehead atoms. The molecule has 1 aliphatic rings. The number of aromatic nitrogens is 3. The first kappa shape index (κ1) is 36.1. The zero-order valence-electron chi connectivity index (χ0n) is 27.4. The number of aryl methyl sites for hydroxylation is 1. The van der Waals surface area contributed by atoms with E-state index < -0.39 is 58.6 Å². The van der Waals surface area contributed by atoms with Crippen molar-refractivity contribution in [2.45, 2.75) is 50.7 Å². The molecule has 2 N–H and O–H groups in total. The number of amides is 1. The van der Waals surface area contributed by atoms with Gasteiger partial charge in [0, 0.05) is 55.7 Å². The monoisotopic (exact) mass is 731 g/mol. The summed E-state index contributed by atoms with van der Waals surface area (Å²) in [6.07, 6.45) is 3.19.